The van der Waals surface area contributed by atoms with Crippen LogP contribution in [-0.2, 0) is 19.4 Å². The first-order valence-electron chi connectivity index (χ1n) is 6.52. The van der Waals surface area contributed by atoms with E-state index in [1.54, 1.807) is 0 Å². The van der Waals surface area contributed by atoms with Crippen LogP contribution < -0.4 is 5.73 Å². The molecule has 1 aromatic carbocycles. The van der Waals surface area contributed by atoms with E-state index < -0.39 is 0 Å². The molecule has 0 unspecified atom stereocenters. The summed E-state index contributed by atoms with van der Waals surface area (Å²) in [5, 5.41) is 8.32. The highest BCUT2D eigenvalue weighted by atomic mass is 35.5. The van der Waals surface area contributed by atoms with Gasteiger partial charge in [0, 0.05) is 12.4 Å². The Morgan fingerprint density at radius 1 is 1.10 bits per heavy atom. The van der Waals surface area contributed by atoms with E-state index in [0.29, 0.717) is 5.95 Å². The van der Waals surface area contributed by atoms with Crippen molar-refractivity contribution in [2.45, 2.75) is 19.4 Å². The van der Waals surface area contributed by atoms with Crippen LogP contribution in [0.2, 0.25) is 0 Å². The average Bonchev–Trinajstić information content (AvgIpc) is 3.07. The molecule has 0 aliphatic rings. The van der Waals surface area contributed by atoms with Crippen LogP contribution in [0.3, 0.4) is 0 Å². The summed E-state index contributed by atoms with van der Waals surface area (Å²) in [6.07, 6.45) is 5.41. The Balaban J connectivity index is 0.00000161. The number of benzene rings is 1. The third kappa shape index (κ3) is 4.06. The van der Waals surface area contributed by atoms with Crippen LogP contribution in [0, 0.1) is 0 Å². The van der Waals surface area contributed by atoms with Crippen molar-refractivity contribution in [3.8, 4) is 0 Å². The number of nitrogens with zero attached hydrogens (tertiary/aromatic N) is 4. The van der Waals surface area contributed by atoms with E-state index in [2.05, 4.69) is 32.4 Å². The minimum atomic E-state index is 0. The van der Waals surface area contributed by atoms with Crippen molar-refractivity contribution in [2.24, 2.45) is 0 Å². The van der Waals surface area contributed by atoms with Crippen molar-refractivity contribution in [3.05, 3.63) is 59.7 Å². The summed E-state index contributed by atoms with van der Waals surface area (Å²) in [7, 11) is 0. The zero-order chi connectivity index (χ0) is 13.8. The zero-order valence-corrected chi connectivity index (χ0v) is 12.3. The topological polar surface area (TPSA) is 85.4 Å². The molecule has 3 aromatic rings. The molecule has 2 heterocycles. The van der Waals surface area contributed by atoms with E-state index in [9.17, 15) is 0 Å². The minimum Gasteiger partial charge on any atom is -0.369 e. The lowest BCUT2D eigenvalue weighted by Crippen LogP contribution is -1.99. The predicted octanol–water partition coefficient (Wildman–Crippen LogP) is 1.84. The van der Waals surface area contributed by atoms with Gasteiger partial charge in [-0.15, -0.1) is 17.5 Å². The normalized spacial score (nSPS) is 10.3. The molecule has 0 amide bonds. The van der Waals surface area contributed by atoms with Gasteiger partial charge in [-0.1, -0.05) is 35.5 Å². The fraction of sp³-hybridized carbons (Fsp3) is 0.214. The van der Waals surface area contributed by atoms with Crippen molar-refractivity contribution in [1.29, 1.82) is 0 Å². The Labute approximate surface area is 128 Å². The fourth-order valence-corrected chi connectivity index (χ4v) is 2.06. The molecule has 3 rings (SSSR count). The molecule has 0 bridgehead atoms. The van der Waals surface area contributed by atoms with Crippen molar-refractivity contribution in [2.75, 3.05) is 5.73 Å². The Morgan fingerprint density at radius 2 is 1.86 bits per heavy atom. The molecule has 0 fully saturated rings. The first-order chi connectivity index (χ1) is 9.79. The molecule has 0 radical (unpaired) electrons. The number of nitrogens with one attached hydrogen (secondary N) is 1. The van der Waals surface area contributed by atoms with Crippen LogP contribution in [0.5, 0.6) is 0 Å². The Bertz CT molecular complexity index is 676. The lowest BCUT2D eigenvalue weighted by atomic mass is 10.2. The summed E-state index contributed by atoms with van der Waals surface area (Å²) < 4.78 is 1.85. The number of H-pyrrole nitrogens is 1. The maximum Gasteiger partial charge on any atom is 0.197 e. The van der Waals surface area contributed by atoms with Crippen LogP contribution in [0.1, 0.15) is 17.0 Å². The maximum atomic E-state index is 5.54. The highest BCUT2D eigenvalue weighted by Gasteiger charge is 2.04. The molecule has 0 aliphatic carbocycles. The summed E-state index contributed by atoms with van der Waals surface area (Å²) in [6.45, 7) is 0.739. The molecule has 110 valence electrons. The molecule has 2 aromatic heterocycles. The molecular formula is C14H17ClN6. The SMILES string of the molecule is Cl.Nc1nc(CCc2cn(Cc3ccccc3)nn2)c[nH]1. The monoisotopic (exact) mass is 304 g/mol. The fourth-order valence-electron chi connectivity index (χ4n) is 2.06. The second kappa shape index (κ2) is 6.90. The summed E-state index contributed by atoms with van der Waals surface area (Å²) in [5.74, 6) is 0.452. The molecule has 0 saturated heterocycles. The predicted molar refractivity (Wildman–Crippen MR) is 83.2 cm³/mol. The summed E-state index contributed by atoms with van der Waals surface area (Å²) in [4.78, 5) is 7.04. The van der Waals surface area contributed by atoms with Crippen molar-refractivity contribution < 1.29 is 0 Å². The van der Waals surface area contributed by atoms with Gasteiger partial charge in [-0.05, 0) is 18.4 Å². The minimum absolute atomic E-state index is 0. The molecular weight excluding hydrogens is 288 g/mol. The number of hydrogen-bond acceptors (Lipinski definition) is 4. The molecule has 3 N–H and O–H groups in total. The Kier molecular flexibility index (Phi) is 4.94. The molecule has 7 heteroatoms. The van der Waals surface area contributed by atoms with E-state index >= 15 is 0 Å². The van der Waals surface area contributed by atoms with E-state index in [-0.39, 0.29) is 12.4 Å². The standard InChI is InChI=1S/C14H16N6.ClH/c15-14-16-8-12(17-14)6-7-13-10-20(19-18-13)9-11-4-2-1-3-5-11;/h1-5,8,10H,6-7,9H2,(H3,15,16,17);1H. The molecule has 21 heavy (non-hydrogen) atoms. The number of anilines is 1. The molecule has 0 aliphatic heterocycles. The van der Waals surface area contributed by atoms with Gasteiger partial charge in [0.25, 0.3) is 0 Å². The number of imidazole rings is 1. The van der Waals surface area contributed by atoms with Crippen molar-refractivity contribution in [3.63, 3.8) is 0 Å². The number of nitrogen functional groups attached to an aromatic ring is 1. The third-order valence-electron chi connectivity index (χ3n) is 3.06. The van der Waals surface area contributed by atoms with Crippen LogP contribution >= 0.6 is 12.4 Å². The van der Waals surface area contributed by atoms with Crippen molar-refractivity contribution in [1.82, 2.24) is 25.0 Å². The van der Waals surface area contributed by atoms with Gasteiger partial charge in [0.2, 0.25) is 0 Å². The molecule has 0 spiro atoms. The number of hydrogen-bond donors (Lipinski definition) is 2. The highest BCUT2D eigenvalue weighted by Crippen LogP contribution is 2.06. The van der Waals surface area contributed by atoms with Gasteiger partial charge in [-0.3, -0.25) is 0 Å². The van der Waals surface area contributed by atoms with Gasteiger partial charge in [0.05, 0.1) is 17.9 Å². The van der Waals surface area contributed by atoms with Gasteiger partial charge < -0.3 is 10.7 Å². The second-order valence-corrected chi connectivity index (χ2v) is 4.67. The lowest BCUT2D eigenvalue weighted by Gasteiger charge is -1.99. The molecule has 6 nitrogen and oxygen atoms in total. The van der Waals surface area contributed by atoms with Gasteiger partial charge in [-0.25, -0.2) is 9.67 Å². The Morgan fingerprint density at radius 3 is 2.57 bits per heavy atom. The van der Waals surface area contributed by atoms with Crippen molar-refractivity contribution >= 4 is 18.4 Å². The lowest BCUT2D eigenvalue weighted by molar-refractivity contribution is 0.649. The number of aryl methyl sites for hydroxylation is 2. The van der Waals surface area contributed by atoms with Gasteiger partial charge >= 0.3 is 0 Å². The molecule has 0 saturated carbocycles. The Hall–Kier alpha value is -2.34. The summed E-state index contributed by atoms with van der Waals surface area (Å²) in [5.41, 5.74) is 8.66. The number of nitrogens with two attached hydrogens (primary N) is 1. The van der Waals surface area contributed by atoms with Crippen LogP contribution in [0.15, 0.2) is 42.7 Å². The largest absolute Gasteiger partial charge is 0.369 e. The van der Waals surface area contributed by atoms with E-state index in [1.807, 2.05) is 35.3 Å². The van der Waals surface area contributed by atoms with Crippen LogP contribution in [0.25, 0.3) is 0 Å². The van der Waals surface area contributed by atoms with Gasteiger partial charge in [0.15, 0.2) is 5.95 Å². The molecule has 0 atom stereocenters. The van der Waals surface area contributed by atoms with Gasteiger partial charge in [-0.2, -0.15) is 0 Å². The third-order valence-corrected chi connectivity index (χ3v) is 3.06. The maximum absolute atomic E-state index is 5.54. The quantitative estimate of drug-likeness (QED) is 0.753. The van der Waals surface area contributed by atoms with Crippen LogP contribution in [-0.4, -0.2) is 25.0 Å². The summed E-state index contributed by atoms with van der Waals surface area (Å²) >= 11 is 0. The van der Waals surface area contributed by atoms with E-state index in [1.165, 1.54) is 5.56 Å². The first-order valence-corrected chi connectivity index (χ1v) is 6.52. The number of halogens is 1. The average molecular weight is 305 g/mol. The highest BCUT2D eigenvalue weighted by molar-refractivity contribution is 5.85. The summed E-state index contributed by atoms with van der Waals surface area (Å²) in [6, 6.07) is 10.2. The smallest absolute Gasteiger partial charge is 0.197 e. The number of rotatable bonds is 5. The van der Waals surface area contributed by atoms with Crippen LogP contribution in [0.4, 0.5) is 5.95 Å². The number of aromatic nitrogens is 5. The second-order valence-electron chi connectivity index (χ2n) is 4.67. The first kappa shape index (κ1) is 15.1. The van der Waals surface area contributed by atoms with E-state index in [0.717, 1.165) is 30.8 Å². The zero-order valence-electron chi connectivity index (χ0n) is 11.4. The van der Waals surface area contributed by atoms with Gasteiger partial charge in [0.1, 0.15) is 0 Å². The van der Waals surface area contributed by atoms with E-state index in [4.69, 9.17) is 5.73 Å². The number of aromatic amines is 1.